The van der Waals surface area contributed by atoms with Crippen LogP contribution in [0.3, 0.4) is 0 Å². The van der Waals surface area contributed by atoms with Gasteiger partial charge in [0.05, 0.1) is 49.3 Å². The Morgan fingerprint density at radius 2 is 1.59 bits per heavy atom. The predicted octanol–water partition coefficient (Wildman–Crippen LogP) is 5.22. The number of ether oxygens (including phenoxy) is 3. The van der Waals surface area contributed by atoms with Crippen molar-refractivity contribution in [1.29, 1.82) is 5.53 Å². The number of para-hydroxylation sites is 1. The first-order valence-electron chi connectivity index (χ1n) is 23.4. The van der Waals surface area contributed by atoms with Crippen molar-refractivity contribution in [3.8, 4) is 22.8 Å². The average Bonchev–Trinajstić information content (AvgIpc) is 3.88. The van der Waals surface area contributed by atoms with Crippen molar-refractivity contribution < 1.29 is 43.0 Å². The van der Waals surface area contributed by atoms with Gasteiger partial charge in [0.2, 0.25) is 17.7 Å². The highest BCUT2D eigenvalue weighted by molar-refractivity contribution is 6.25. The maximum absolute atomic E-state index is 13.3. The van der Waals surface area contributed by atoms with E-state index in [1.807, 2.05) is 64.2 Å². The molecule has 4 aliphatic rings. The molecule has 3 aromatic carbocycles. The second-order valence-electron chi connectivity index (χ2n) is 17.2. The van der Waals surface area contributed by atoms with Crippen LogP contribution in [0, 0.1) is 11.4 Å². The zero-order valence-corrected chi connectivity index (χ0v) is 38.2. The Labute approximate surface area is 398 Å². The summed E-state index contributed by atoms with van der Waals surface area (Å²) < 4.78 is 19.2. The minimum absolute atomic E-state index is 0.0490. The average molecular weight is 944 g/mol. The molecular weight excluding hydrogens is 887 g/mol. The molecule has 2 fully saturated rings. The zero-order chi connectivity index (χ0) is 48.3. The lowest BCUT2D eigenvalue weighted by Crippen LogP contribution is -2.54. The summed E-state index contributed by atoms with van der Waals surface area (Å²) in [4.78, 5) is 79.2. The topological polar surface area (TPSA) is 265 Å². The van der Waals surface area contributed by atoms with Gasteiger partial charge in [0.25, 0.3) is 17.7 Å². The number of carbonyl (C=O) groups is 6. The number of nitrogens with two attached hydrogens (primary N) is 1. The van der Waals surface area contributed by atoms with E-state index in [0.717, 1.165) is 35.5 Å². The van der Waals surface area contributed by atoms with Gasteiger partial charge >= 0.3 is 0 Å². The molecule has 6 amide bonds. The van der Waals surface area contributed by atoms with Gasteiger partial charge in [-0.05, 0) is 93.0 Å². The van der Waals surface area contributed by atoms with Crippen molar-refractivity contribution in [2.45, 2.75) is 63.5 Å². The minimum Gasteiger partial charge on any atom is -0.457 e. The molecule has 8 rings (SSSR count). The highest BCUT2D eigenvalue weighted by atomic mass is 16.5. The van der Waals surface area contributed by atoms with Crippen LogP contribution in [0.2, 0.25) is 0 Å². The molecule has 362 valence electrons. The monoisotopic (exact) mass is 943 g/mol. The Balaban J connectivity index is 0.701. The van der Waals surface area contributed by atoms with Crippen LogP contribution in [0.1, 0.15) is 88.5 Å². The smallest absolute Gasteiger partial charge is 0.264 e. The van der Waals surface area contributed by atoms with Crippen molar-refractivity contribution in [2.75, 3.05) is 69.8 Å². The summed E-state index contributed by atoms with van der Waals surface area (Å²) >= 11 is 0. The lowest BCUT2D eigenvalue weighted by atomic mass is 9.86. The number of aromatic nitrogens is 2. The standard InChI is InChI=1S/C49H57N11O9/c50-45(63)43-44(32-12-14-35(15-13-32)69-34-7-2-1-3-8-34)57-60-38(18-21-54-46(43)60)31-19-24-58(25-20-31)41(62)11-4-6-33(56-51)30-52-22-26-67-28-29-68-27-23-53-37-10-5-9-36-42(37)49(66)59(48(36)65)39-16-17-40(61)55-47(39)64/h1-3,5,7-10,12-15,30-31,38-39,51-54H,4,6,11,16-29H2,(H2,50,63)(H,55,61,64)/b33-30-,56-51?/t38-,39?/m0/s1. The molecule has 5 heterocycles. The predicted molar refractivity (Wildman–Crippen MR) is 252 cm³/mol. The Hall–Kier alpha value is -7.45. The van der Waals surface area contributed by atoms with Crippen LogP contribution < -0.4 is 31.7 Å². The van der Waals surface area contributed by atoms with E-state index in [4.69, 9.17) is 30.6 Å². The number of anilines is 2. The number of allylic oxidation sites excluding steroid dienone is 1. The molecule has 4 aromatic rings. The van der Waals surface area contributed by atoms with E-state index in [1.165, 1.54) is 0 Å². The Kier molecular flexibility index (Phi) is 15.7. The molecule has 0 bridgehead atoms. The number of rotatable bonds is 22. The number of hydrogen-bond donors (Lipinski definition) is 6. The van der Waals surface area contributed by atoms with Crippen molar-refractivity contribution in [3.63, 3.8) is 0 Å². The summed E-state index contributed by atoms with van der Waals surface area (Å²) in [6, 6.07) is 20.9. The lowest BCUT2D eigenvalue weighted by molar-refractivity contribution is -0.136. The maximum atomic E-state index is 13.3. The van der Waals surface area contributed by atoms with E-state index in [-0.39, 0.29) is 41.8 Å². The van der Waals surface area contributed by atoms with Crippen LogP contribution in [0.4, 0.5) is 11.5 Å². The molecule has 2 saturated heterocycles. The molecule has 0 radical (unpaired) electrons. The van der Waals surface area contributed by atoms with Gasteiger partial charge in [0, 0.05) is 63.0 Å². The number of nitrogens with one attached hydrogen (secondary N) is 5. The number of piperidine rings is 2. The van der Waals surface area contributed by atoms with Crippen LogP contribution in [-0.4, -0.2) is 120 Å². The molecule has 4 aliphatic heterocycles. The number of benzene rings is 3. The van der Waals surface area contributed by atoms with Crippen LogP contribution in [0.5, 0.6) is 11.5 Å². The third-order valence-corrected chi connectivity index (χ3v) is 12.8. The number of amides is 6. The van der Waals surface area contributed by atoms with Crippen molar-refractivity contribution in [2.24, 2.45) is 16.8 Å². The molecule has 0 saturated carbocycles. The van der Waals surface area contributed by atoms with Crippen LogP contribution >= 0.6 is 0 Å². The van der Waals surface area contributed by atoms with Crippen LogP contribution in [-0.2, 0) is 23.9 Å². The van der Waals surface area contributed by atoms with Gasteiger partial charge < -0.3 is 40.8 Å². The first-order chi connectivity index (χ1) is 33.6. The summed E-state index contributed by atoms with van der Waals surface area (Å²) in [5, 5.41) is 20.4. The molecule has 0 spiro atoms. The van der Waals surface area contributed by atoms with E-state index in [2.05, 4.69) is 26.4 Å². The third-order valence-electron chi connectivity index (χ3n) is 12.8. The first-order valence-corrected chi connectivity index (χ1v) is 23.4. The van der Waals surface area contributed by atoms with Crippen molar-refractivity contribution in [1.82, 2.24) is 30.2 Å². The van der Waals surface area contributed by atoms with Gasteiger partial charge in [-0.1, -0.05) is 24.3 Å². The third kappa shape index (κ3) is 11.3. The Bertz CT molecular complexity index is 2570. The second-order valence-corrected chi connectivity index (χ2v) is 17.2. The van der Waals surface area contributed by atoms with Gasteiger partial charge in [-0.25, -0.2) is 10.2 Å². The molecule has 20 nitrogen and oxygen atoms in total. The van der Waals surface area contributed by atoms with E-state index in [1.54, 1.807) is 24.4 Å². The molecule has 0 aliphatic carbocycles. The molecule has 2 atom stereocenters. The van der Waals surface area contributed by atoms with E-state index in [9.17, 15) is 28.8 Å². The Morgan fingerprint density at radius 3 is 2.32 bits per heavy atom. The van der Waals surface area contributed by atoms with Crippen molar-refractivity contribution in [3.05, 3.63) is 101 Å². The lowest BCUT2D eigenvalue weighted by Gasteiger charge is -2.38. The molecule has 69 heavy (non-hydrogen) atoms. The van der Waals surface area contributed by atoms with E-state index >= 15 is 0 Å². The number of imide groups is 2. The first kappa shape index (κ1) is 48.0. The summed E-state index contributed by atoms with van der Waals surface area (Å²) in [5.41, 5.74) is 16.6. The number of fused-ring (bicyclic) bond motifs is 2. The molecule has 20 heteroatoms. The fourth-order valence-electron chi connectivity index (χ4n) is 9.32. The summed E-state index contributed by atoms with van der Waals surface area (Å²) in [5.74, 6) is -0.415. The van der Waals surface area contributed by atoms with E-state index < -0.39 is 35.6 Å². The van der Waals surface area contributed by atoms with Gasteiger partial charge in [-0.3, -0.25) is 39.0 Å². The van der Waals surface area contributed by atoms with Gasteiger partial charge in [0.1, 0.15) is 34.6 Å². The fraction of sp³-hybridized carbons (Fsp3) is 0.408. The maximum Gasteiger partial charge on any atom is 0.264 e. The normalized spacial score (nSPS) is 18.3. The molecule has 1 aromatic heterocycles. The second kappa shape index (κ2) is 22.6. The number of primary amides is 1. The number of nitrogens with zero attached hydrogens (tertiary/aromatic N) is 5. The van der Waals surface area contributed by atoms with Crippen LogP contribution in [0.15, 0.2) is 89.8 Å². The molecule has 1 unspecified atom stereocenters. The SMILES string of the molecule is N=N/C(=C\NCCOCCOCCNc1cccc2c1C(=O)N(C1CCC(=O)NC1=O)C2=O)CCCC(=O)N1CCC([C@@H]2CCNc3c(C(N)=O)c(-c4ccc(Oc5ccccc5)cc4)nn32)CC1. The molecular formula is C49H57N11O9. The summed E-state index contributed by atoms with van der Waals surface area (Å²) in [6.45, 7) is 4.14. The number of hydrogen-bond acceptors (Lipinski definition) is 15. The van der Waals surface area contributed by atoms with Gasteiger partial charge in [-0.15, -0.1) is 0 Å². The molecule has 7 N–H and O–H groups in total. The highest BCUT2D eigenvalue weighted by Gasteiger charge is 2.45. The quantitative estimate of drug-likeness (QED) is 0.0336. The number of likely N-dealkylation sites (tertiary alicyclic amines) is 1. The zero-order valence-electron chi connectivity index (χ0n) is 38.2. The van der Waals surface area contributed by atoms with Gasteiger partial charge in [0.15, 0.2) is 0 Å². The Morgan fingerprint density at radius 1 is 0.855 bits per heavy atom. The minimum atomic E-state index is -1.03. The summed E-state index contributed by atoms with van der Waals surface area (Å²) in [7, 11) is 0. The van der Waals surface area contributed by atoms with E-state index in [0.29, 0.717) is 113 Å². The number of carbonyl (C=O) groups excluding carboxylic acids is 6. The summed E-state index contributed by atoms with van der Waals surface area (Å²) in [6.07, 6.45) is 5.64. The largest absolute Gasteiger partial charge is 0.457 e. The fourth-order valence-corrected chi connectivity index (χ4v) is 9.32. The van der Waals surface area contributed by atoms with Crippen molar-refractivity contribution >= 4 is 46.9 Å². The highest BCUT2D eigenvalue weighted by Crippen LogP contribution is 2.40. The van der Waals surface area contributed by atoms with Crippen LogP contribution in [0.25, 0.3) is 11.3 Å². The van der Waals surface area contributed by atoms with Gasteiger partial charge in [-0.2, -0.15) is 10.2 Å².